The van der Waals surface area contributed by atoms with Crippen molar-refractivity contribution >= 4 is 22.0 Å². The van der Waals surface area contributed by atoms with E-state index in [0.29, 0.717) is 19.1 Å². The first-order valence-corrected chi connectivity index (χ1v) is 11.6. The lowest BCUT2D eigenvalue weighted by molar-refractivity contribution is -0.159. The fourth-order valence-corrected chi connectivity index (χ4v) is 5.36. The fourth-order valence-electron chi connectivity index (χ4n) is 3.85. The van der Waals surface area contributed by atoms with Crippen LogP contribution in [0.15, 0.2) is 30.3 Å². The highest BCUT2D eigenvalue weighted by Crippen LogP contribution is 2.23. The molecule has 1 aliphatic carbocycles. The summed E-state index contributed by atoms with van der Waals surface area (Å²) in [6.07, 6.45) is 7.96. The third-order valence-electron chi connectivity index (χ3n) is 5.38. The van der Waals surface area contributed by atoms with Crippen LogP contribution in [0.2, 0.25) is 0 Å². The van der Waals surface area contributed by atoms with Gasteiger partial charge in [0.15, 0.2) is 0 Å². The summed E-state index contributed by atoms with van der Waals surface area (Å²) in [4.78, 5) is 20.7. The highest BCUT2D eigenvalue weighted by molar-refractivity contribution is 7.88. The summed E-state index contributed by atoms with van der Waals surface area (Å²) in [6.45, 7) is 3.06. The van der Waals surface area contributed by atoms with Gasteiger partial charge in [-0.25, -0.2) is 18.0 Å². The van der Waals surface area contributed by atoms with Gasteiger partial charge >= 0.3 is 11.9 Å². The zero-order chi connectivity index (χ0) is 21.3. The molecule has 1 aliphatic heterocycles. The van der Waals surface area contributed by atoms with E-state index in [2.05, 4.69) is 4.90 Å². The highest BCUT2D eigenvalue weighted by atomic mass is 32.2. The summed E-state index contributed by atoms with van der Waals surface area (Å²) in [5.74, 6) is -3.53. The van der Waals surface area contributed by atoms with Crippen LogP contribution in [0.4, 0.5) is 0 Å². The van der Waals surface area contributed by atoms with Gasteiger partial charge in [0.1, 0.15) is 0 Å². The number of rotatable bonds is 4. The smallest absolute Gasteiger partial charge is 0.414 e. The minimum Gasteiger partial charge on any atom is -0.473 e. The average molecular weight is 427 g/mol. The standard InChI is InChI=1S/C18H28N2O2S.C2H2O4/c21-23(22,16-17-8-4-3-5-9-17)20-14-12-19(13-15-20)18-10-6-1-2-7-11-18;3-1(4)2(5)6/h3-5,8-9,18H,1-2,6-7,10-16H2;(H,3,4)(H,5,6). The first-order valence-electron chi connectivity index (χ1n) is 10.0. The van der Waals surface area contributed by atoms with Gasteiger partial charge in [0.2, 0.25) is 10.0 Å². The van der Waals surface area contributed by atoms with Crippen molar-refractivity contribution in [1.82, 2.24) is 9.21 Å². The molecule has 8 nitrogen and oxygen atoms in total. The van der Waals surface area contributed by atoms with E-state index in [4.69, 9.17) is 19.8 Å². The van der Waals surface area contributed by atoms with Gasteiger partial charge in [0.05, 0.1) is 5.75 Å². The van der Waals surface area contributed by atoms with Crippen LogP contribution in [-0.4, -0.2) is 72.0 Å². The first-order chi connectivity index (χ1) is 13.8. The Labute approximate surface area is 172 Å². The Morgan fingerprint density at radius 1 is 0.862 bits per heavy atom. The van der Waals surface area contributed by atoms with E-state index in [1.54, 1.807) is 4.31 Å². The summed E-state index contributed by atoms with van der Waals surface area (Å²) < 4.78 is 26.9. The van der Waals surface area contributed by atoms with E-state index in [-0.39, 0.29) is 5.75 Å². The highest BCUT2D eigenvalue weighted by Gasteiger charge is 2.30. The van der Waals surface area contributed by atoms with Gasteiger partial charge < -0.3 is 10.2 Å². The molecule has 2 aliphatic rings. The predicted octanol–water partition coefficient (Wildman–Crippen LogP) is 2.01. The number of sulfonamides is 1. The molecule has 162 valence electrons. The Morgan fingerprint density at radius 2 is 1.38 bits per heavy atom. The monoisotopic (exact) mass is 426 g/mol. The van der Waals surface area contributed by atoms with Crippen LogP contribution < -0.4 is 0 Å². The summed E-state index contributed by atoms with van der Waals surface area (Å²) in [5.41, 5.74) is 0.874. The molecule has 1 saturated carbocycles. The molecule has 0 bridgehead atoms. The van der Waals surface area contributed by atoms with Crippen LogP contribution in [0.3, 0.4) is 0 Å². The van der Waals surface area contributed by atoms with Gasteiger partial charge in [0, 0.05) is 32.2 Å². The molecule has 1 heterocycles. The molecule has 1 aromatic carbocycles. The third kappa shape index (κ3) is 7.75. The molecule has 9 heteroatoms. The van der Waals surface area contributed by atoms with E-state index in [1.165, 1.54) is 38.5 Å². The molecule has 0 amide bonds. The lowest BCUT2D eigenvalue weighted by atomic mass is 10.1. The number of aliphatic carboxylic acids is 2. The molecular formula is C20H30N2O6S. The van der Waals surface area contributed by atoms with E-state index in [0.717, 1.165) is 18.7 Å². The van der Waals surface area contributed by atoms with Gasteiger partial charge in [-0.3, -0.25) is 4.90 Å². The Kier molecular flexibility index (Phi) is 9.06. The maximum Gasteiger partial charge on any atom is 0.414 e. The summed E-state index contributed by atoms with van der Waals surface area (Å²) in [5, 5.41) is 14.8. The molecular weight excluding hydrogens is 396 g/mol. The van der Waals surface area contributed by atoms with Crippen molar-refractivity contribution in [2.24, 2.45) is 0 Å². The normalized spacial score (nSPS) is 19.6. The predicted molar refractivity (Wildman–Crippen MR) is 109 cm³/mol. The molecule has 0 aromatic heterocycles. The molecule has 0 spiro atoms. The SMILES string of the molecule is O=C(O)C(=O)O.O=S(=O)(Cc1ccccc1)N1CCN(C2CCCCCC2)CC1. The summed E-state index contributed by atoms with van der Waals surface area (Å²) >= 11 is 0. The molecule has 0 radical (unpaired) electrons. The van der Waals surface area contributed by atoms with Crippen LogP contribution in [-0.2, 0) is 25.4 Å². The summed E-state index contributed by atoms with van der Waals surface area (Å²) in [6, 6.07) is 10.2. The zero-order valence-electron chi connectivity index (χ0n) is 16.6. The van der Waals surface area contributed by atoms with Crippen LogP contribution >= 0.6 is 0 Å². The second-order valence-electron chi connectivity index (χ2n) is 7.43. The lowest BCUT2D eigenvalue weighted by Gasteiger charge is -2.38. The molecule has 3 rings (SSSR count). The molecule has 2 fully saturated rings. The van der Waals surface area contributed by atoms with Crippen molar-refractivity contribution in [1.29, 1.82) is 0 Å². The number of piperazine rings is 1. The van der Waals surface area contributed by atoms with E-state index < -0.39 is 22.0 Å². The second kappa shape index (κ2) is 11.3. The topological polar surface area (TPSA) is 115 Å². The van der Waals surface area contributed by atoms with Crippen LogP contribution in [0.25, 0.3) is 0 Å². The lowest BCUT2D eigenvalue weighted by Crippen LogP contribution is -2.52. The van der Waals surface area contributed by atoms with Gasteiger partial charge in [0.25, 0.3) is 0 Å². The van der Waals surface area contributed by atoms with Crippen molar-refractivity contribution in [3.05, 3.63) is 35.9 Å². The minimum atomic E-state index is -3.19. The first kappa shape index (κ1) is 23.3. The second-order valence-corrected chi connectivity index (χ2v) is 9.40. The molecule has 29 heavy (non-hydrogen) atoms. The third-order valence-corrected chi connectivity index (χ3v) is 7.23. The van der Waals surface area contributed by atoms with Crippen LogP contribution in [0, 0.1) is 0 Å². The number of carboxylic acids is 2. The minimum absolute atomic E-state index is 0.122. The number of benzene rings is 1. The Morgan fingerprint density at radius 3 is 1.86 bits per heavy atom. The molecule has 1 aromatic rings. The van der Waals surface area contributed by atoms with Crippen molar-refractivity contribution in [2.45, 2.75) is 50.3 Å². The Balaban J connectivity index is 0.000000438. The maximum atomic E-state index is 12.6. The largest absolute Gasteiger partial charge is 0.473 e. The van der Waals surface area contributed by atoms with Crippen molar-refractivity contribution in [3.8, 4) is 0 Å². The van der Waals surface area contributed by atoms with Gasteiger partial charge in [-0.05, 0) is 18.4 Å². The maximum absolute atomic E-state index is 12.6. The summed E-state index contributed by atoms with van der Waals surface area (Å²) in [7, 11) is -3.19. The molecule has 0 unspecified atom stereocenters. The molecule has 0 atom stereocenters. The Hall–Kier alpha value is -1.97. The van der Waals surface area contributed by atoms with Crippen molar-refractivity contribution < 1.29 is 28.2 Å². The van der Waals surface area contributed by atoms with E-state index in [9.17, 15) is 8.42 Å². The van der Waals surface area contributed by atoms with E-state index >= 15 is 0 Å². The van der Waals surface area contributed by atoms with E-state index in [1.807, 2.05) is 30.3 Å². The van der Waals surface area contributed by atoms with Crippen LogP contribution in [0.5, 0.6) is 0 Å². The zero-order valence-corrected chi connectivity index (χ0v) is 17.4. The number of hydrogen-bond acceptors (Lipinski definition) is 5. The number of nitrogens with zero attached hydrogens (tertiary/aromatic N) is 2. The average Bonchev–Trinajstić information content (AvgIpc) is 2.98. The quantitative estimate of drug-likeness (QED) is 0.559. The van der Waals surface area contributed by atoms with Crippen LogP contribution in [0.1, 0.15) is 44.1 Å². The van der Waals surface area contributed by atoms with Crippen molar-refractivity contribution in [3.63, 3.8) is 0 Å². The van der Waals surface area contributed by atoms with Gasteiger partial charge in [-0.15, -0.1) is 0 Å². The number of carbonyl (C=O) groups is 2. The fraction of sp³-hybridized carbons (Fsp3) is 0.600. The number of hydrogen-bond donors (Lipinski definition) is 2. The van der Waals surface area contributed by atoms with Gasteiger partial charge in [-0.1, -0.05) is 56.0 Å². The van der Waals surface area contributed by atoms with Gasteiger partial charge in [-0.2, -0.15) is 4.31 Å². The van der Waals surface area contributed by atoms with Crippen molar-refractivity contribution in [2.75, 3.05) is 26.2 Å². The number of carboxylic acid groups (broad SMARTS) is 2. The molecule has 2 N–H and O–H groups in total. The Bertz CT molecular complexity index is 740. The molecule has 1 saturated heterocycles.